The second-order valence-corrected chi connectivity index (χ2v) is 5.05. The Labute approximate surface area is 131 Å². The Hall–Kier alpha value is -2.53. The Morgan fingerprint density at radius 1 is 1.18 bits per heavy atom. The molecule has 0 amide bonds. The van der Waals surface area contributed by atoms with E-state index in [0.29, 0.717) is 33.2 Å². The molecule has 1 aromatic heterocycles. The summed E-state index contributed by atoms with van der Waals surface area (Å²) in [5.74, 6) is 1.63. The Balaban J connectivity index is 1.91. The highest BCUT2D eigenvalue weighted by molar-refractivity contribution is 6.30. The molecule has 2 aromatic carbocycles. The largest absolute Gasteiger partial charge is 0.494 e. The normalized spacial score (nSPS) is 10.6. The number of hydrogen-bond acceptors (Lipinski definition) is 4. The maximum absolute atomic E-state index is 12.1. The fourth-order valence-corrected chi connectivity index (χ4v) is 2.22. The molecule has 0 aliphatic heterocycles. The fraction of sp³-hybridized carbons (Fsp3) is 0.125. The first-order valence-corrected chi connectivity index (χ1v) is 6.99. The van der Waals surface area contributed by atoms with Crippen molar-refractivity contribution in [2.45, 2.75) is 6.61 Å². The van der Waals surface area contributed by atoms with Crippen molar-refractivity contribution in [3.63, 3.8) is 0 Å². The lowest BCUT2D eigenvalue weighted by Gasteiger charge is -2.08. The third-order valence-corrected chi connectivity index (χ3v) is 3.41. The number of rotatable bonds is 4. The van der Waals surface area contributed by atoms with Crippen LogP contribution in [0.4, 0.5) is 0 Å². The number of methoxy groups -OCH3 is 1. The summed E-state index contributed by atoms with van der Waals surface area (Å²) >= 11 is 5.82. The lowest BCUT2D eigenvalue weighted by atomic mass is 10.2. The fourth-order valence-electron chi connectivity index (χ4n) is 2.10. The number of halogens is 1. The van der Waals surface area contributed by atoms with Gasteiger partial charge in [0.1, 0.15) is 29.4 Å². The summed E-state index contributed by atoms with van der Waals surface area (Å²) < 4.78 is 10.8. The second kappa shape index (κ2) is 6.07. The van der Waals surface area contributed by atoms with E-state index in [0.717, 1.165) is 0 Å². The van der Waals surface area contributed by atoms with E-state index in [1.54, 1.807) is 49.6 Å². The number of H-pyrrole nitrogens is 1. The average Bonchev–Trinajstić information content (AvgIpc) is 2.54. The van der Waals surface area contributed by atoms with Gasteiger partial charge in [0, 0.05) is 5.02 Å². The third-order valence-electron chi connectivity index (χ3n) is 3.16. The van der Waals surface area contributed by atoms with Crippen LogP contribution in [-0.4, -0.2) is 17.1 Å². The van der Waals surface area contributed by atoms with Gasteiger partial charge in [0.25, 0.3) is 5.56 Å². The molecule has 0 aliphatic carbocycles. The SMILES string of the molecule is COc1cccc2c(=O)[nH]c(COc3ccc(Cl)cc3)nc12. The van der Waals surface area contributed by atoms with Gasteiger partial charge in [-0.25, -0.2) is 4.98 Å². The van der Waals surface area contributed by atoms with Crippen LogP contribution in [0.25, 0.3) is 10.9 Å². The zero-order chi connectivity index (χ0) is 15.5. The van der Waals surface area contributed by atoms with Gasteiger partial charge in [-0.2, -0.15) is 0 Å². The van der Waals surface area contributed by atoms with Crippen LogP contribution in [0.3, 0.4) is 0 Å². The molecular formula is C16H13ClN2O3. The zero-order valence-electron chi connectivity index (χ0n) is 11.8. The van der Waals surface area contributed by atoms with E-state index in [9.17, 15) is 4.79 Å². The molecule has 3 aromatic rings. The summed E-state index contributed by atoms with van der Waals surface area (Å²) in [7, 11) is 1.54. The maximum atomic E-state index is 12.1. The van der Waals surface area contributed by atoms with E-state index >= 15 is 0 Å². The van der Waals surface area contributed by atoms with Crippen molar-refractivity contribution >= 4 is 22.5 Å². The maximum Gasteiger partial charge on any atom is 0.259 e. The first kappa shape index (κ1) is 14.4. The Morgan fingerprint density at radius 2 is 1.95 bits per heavy atom. The van der Waals surface area contributed by atoms with E-state index < -0.39 is 0 Å². The molecule has 5 nitrogen and oxygen atoms in total. The van der Waals surface area contributed by atoms with Crippen molar-refractivity contribution in [3.05, 3.63) is 63.7 Å². The van der Waals surface area contributed by atoms with E-state index in [-0.39, 0.29) is 12.2 Å². The summed E-state index contributed by atoms with van der Waals surface area (Å²) in [5, 5.41) is 1.11. The number of para-hydroxylation sites is 1. The summed E-state index contributed by atoms with van der Waals surface area (Å²) in [6, 6.07) is 12.2. The quantitative estimate of drug-likeness (QED) is 0.803. The Bertz CT molecular complexity index is 859. The van der Waals surface area contributed by atoms with Crippen LogP contribution in [-0.2, 0) is 6.61 Å². The van der Waals surface area contributed by atoms with E-state index in [1.165, 1.54) is 0 Å². The Morgan fingerprint density at radius 3 is 2.68 bits per heavy atom. The van der Waals surface area contributed by atoms with E-state index in [1.807, 2.05) is 0 Å². The molecule has 1 N–H and O–H groups in total. The zero-order valence-corrected chi connectivity index (χ0v) is 12.6. The number of ether oxygens (including phenoxy) is 2. The standard InChI is InChI=1S/C16H13ClN2O3/c1-21-13-4-2-3-12-15(13)18-14(19-16(12)20)9-22-11-7-5-10(17)6-8-11/h2-8H,9H2,1H3,(H,18,19,20). The number of aromatic amines is 1. The number of aromatic nitrogens is 2. The van der Waals surface area contributed by atoms with Crippen LogP contribution in [0.5, 0.6) is 11.5 Å². The van der Waals surface area contributed by atoms with E-state index in [2.05, 4.69) is 9.97 Å². The summed E-state index contributed by atoms with van der Waals surface area (Å²) in [6.45, 7) is 0.144. The minimum absolute atomic E-state index is 0.144. The summed E-state index contributed by atoms with van der Waals surface area (Å²) in [4.78, 5) is 19.2. The van der Waals surface area contributed by atoms with Crippen molar-refractivity contribution in [1.29, 1.82) is 0 Å². The van der Waals surface area contributed by atoms with Gasteiger partial charge in [-0.1, -0.05) is 17.7 Å². The van der Waals surface area contributed by atoms with Crippen LogP contribution in [0, 0.1) is 0 Å². The first-order chi connectivity index (χ1) is 10.7. The van der Waals surface area contributed by atoms with Crippen molar-refractivity contribution < 1.29 is 9.47 Å². The van der Waals surface area contributed by atoms with Crippen LogP contribution in [0.1, 0.15) is 5.82 Å². The molecule has 6 heteroatoms. The van der Waals surface area contributed by atoms with Gasteiger partial charge in [0.15, 0.2) is 0 Å². The molecule has 0 spiro atoms. The molecule has 0 radical (unpaired) electrons. The minimum Gasteiger partial charge on any atom is -0.494 e. The highest BCUT2D eigenvalue weighted by atomic mass is 35.5. The highest BCUT2D eigenvalue weighted by Crippen LogP contribution is 2.21. The molecule has 112 valence electrons. The second-order valence-electron chi connectivity index (χ2n) is 4.61. The van der Waals surface area contributed by atoms with Crippen molar-refractivity contribution in [2.24, 2.45) is 0 Å². The van der Waals surface area contributed by atoms with Crippen LogP contribution in [0.2, 0.25) is 5.02 Å². The molecule has 0 atom stereocenters. The molecule has 0 fully saturated rings. The van der Waals surface area contributed by atoms with Gasteiger partial charge in [0.2, 0.25) is 0 Å². The molecule has 22 heavy (non-hydrogen) atoms. The van der Waals surface area contributed by atoms with Gasteiger partial charge in [0.05, 0.1) is 12.5 Å². The molecule has 0 aliphatic rings. The average molecular weight is 317 g/mol. The summed E-state index contributed by atoms with van der Waals surface area (Å²) in [5.41, 5.74) is 0.294. The van der Waals surface area contributed by atoms with Gasteiger partial charge in [-0.15, -0.1) is 0 Å². The van der Waals surface area contributed by atoms with Crippen LogP contribution in [0.15, 0.2) is 47.3 Å². The summed E-state index contributed by atoms with van der Waals surface area (Å²) in [6.07, 6.45) is 0. The highest BCUT2D eigenvalue weighted by Gasteiger charge is 2.08. The van der Waals surface area contributed by atoms with Crippen LogP contribution >= 0.6 is 11.6 Å². The van der Waals surface area contributed by atoms with Crippen LogP contribution < -0.4 is 15.0 Å². The third kappa shape index (κ3) is 2.89. The van der Waals surface area contributed by atoms with Gasteiger partial charge >= 0.3 is 0 Å². The Kier molecular flexibility index (Phi) is 3.98. The molecule has 0 saturated heterocycles. The molecule has 3 rings (SSSR count). The lowest BCUT2D eigenvalue weighted by Crippen LogP contribution is -2.14. The first-order valence-electron chi connectivity index (χ1n) is 6.61. The van der Waals surface area contributed by atoms with Gasteiger partial charge in [-0.3, -0.25) is 4.79 Å². The molecular weight excluding hydrogens is 304 g/mol. The molecule has 0 bridgehead atoms. The molecule has 0 unspecified atom stereocenters. The van der Waals surface area contributed by atoms with Gasteiger partial charge < -0.3 is 14.5 Å². The smallest absolute Gasteiger partial charge is 0.259 e. The van der Waals surface area contributed by atoms with E-state index in [4.69, 9.17) is 21.1 Å². The predicted octanol–water partition coefficient (Wildman–Crippen LogP) is 3.16. The van der Waals surface area contributed by atoms with Gasteiger partial charge in [-0.05, 0) is 36.4 Å². The lowest BCUT2D eigenvalue weighted by molar-refractivity contribution is 0.296. The van der Waals surface area contributed by atoms with Crippen molar-refractivity contribution in [3.8, 4) is 11.5 Å². The number of nitrogens with zero attached hydrogens (tertiary/aromatic N) is 1. The van der Waals surface area contributed by atoms with Crippen molar-refractivity contribution in [2.75, 3.05) is 7.11 Å². The molecule has 1 heterocycles. The molecule has 0 saturated carbocycles. The topological polar surface area (TPSA) is 64.2 Å². The number of fused-ring (bicyclic) bond motifs is 1. The minimum atomic E-state index is -0.224. The number of benzene rings is 2. The number of hydrogen-bond donors (Lipinski definition) is 1. The number of nitrogens with one attached hydrogen (secondary N) is 1. The predicted molar refractivity (Wildman–Crippen MR) is 84.7 cm³/mol. The van der Waals surface area contributed by atoms with Crippen molar-refractivity contribution in [1.82, 2.24) is 9.97 Å². The monoisotopic (exact) mass is 316 g/mol.